The molecule has 0 fully saturated rings. The van der Waals surface area contributed by atoms with E-state index in [1.54, 1.807) is 22.6 Å². The minimum atomic E-state index is -0.369. The van der Waals surface area contributed by atoms with Gasteiger partial charge in [0.25, 0.3) is 5.56 Å². The Morgan fingerprint density at radius 3 is 2.58 bits per heavy atom. The molecule has 0 aliphatic carbocycles. The van der Waals surface area contributed by atoms with E-state index >= 15 is 0 Å². The van der Waals surface area contributed by atoms with Crippen molar-refractivity contribution in [2.45, 2.75) is 45.6 Å². The molecular formula is C24H29BrN4O2. The molecule has 6 nitrogen and oxygen atoms in total. The van der Waals surface area contributed by atoms with Gasteiger partial charge in [-0.3, -0.25) is 9.36 Å². The van der Waals surface area contributed by atoms with Crippen molar-refractivity contribution < 1.29 is 4.79 Å². The fourth-order valence-corrected chi connectivity index (χ4v) is 4.06. The maximum absolute atomic E-state index is 13.3. The molecule has 0 saturated heterocycles. The van der Waals surface area contributed by atoms with Crippen LogP contribution >= 0.6 is 15.9 Å². The third-order valence-electron chi connectivity index (χ3n) is 5.49. The van der Waals surface area contributed by atoms with E-state index < -0.39 is 0 Å². The molecule has 31 heavy (non-hydrogen) atoms. The van der Waals surface area contributed by atoms with Crippen LogP contribution in [0.1, 0.15) is 51.4 Å². The Morgan fingerprint density at radius 2 is 1.84 bits per heavy atom. The van der Waals surface area contributed by atoms with Gasteiger partial charge in [0.05, 0.1) is 22.6 Å². The van der Waals surface area contributed by atoms with Crippen molar-refractivity contribution in [1.82, 2.24) is 14.5 Å². The molecular weight excluding hydrogens is 456 g/mol. The number of rotatable bonds is 8. The number of amides is 2. The van der Waals surface area contributed by atoms with Crippen LogP contribution in [0.25, 0.3) is 10.9 Å². The average molecular weight is 485 g/mol. The van der Waals surface area contributed by atoms with Gasteiger partial charge in [-0.1, -0.05) is 50.5 Å². The Morgan fingerprint density at radius 1 is 1.13 bits per heavy atom. The summed E-state index contributed by atoms with van der Waals surface area (Å²) in [7, 11) is 1.72. The third-order valence-corrected chi connectivity index (χ3v) is 6.18. The largest absolute Gasteiger partial charge is 0.322 e. The van der Waals surface area contributed by atoms with E-state index in [9.17, 15) is 9.59 Å². The number of halogens is 1. The van der Waals surface area contributed by atoms with Crippen LogP contribution in [0, 0.1) is 0 Å². The highest BCUT2D eigenvalue weighted by atomic mass is 79.9. The lowest BCUT2D eigenvalue weighted by atomic mass is 10.1. The predicted octanol–water partition coefficient (Wildman–Crippen LogP) is 5.87. The maximum atomic E-state index is 13.3. The lowest BCUT2D eigenvalue weighted by molar-refractivity contribution is 0.187. The average Bonchev–Trinajstić information content (AvgIpc) is 2.77. The van der Waals surface area contributed by atoms with Crippen LogP contribution in [0.2, 0.25) is 0 Å². The first-order valence-electron chi connectivity index (χ1n) is 10.7. The molecule has 1 heterocycles. The number of para-hydroxylation sites is 2. The first-order chi connectivity index (χ1) is 14.9. The first kappa shape index (κ1) is 23.0. The first-order valence-corrected chi connectivity index (χ1v) is 11.5. The second kappa shape index (κ2) is 10.6. The van der Waals surface area contributed by atoms with E-state index in [2.05, 4.69) is 28.2 Å². The van der Waals surface area contributed by atoms with Crippen LogP contribution in [-0.2, 0) is 7.05 Å². The highest BCUT2D eigenvalue weighted by Crippen LogP contribution is 2.25. The van der Waals surface area contributed by atoms with Crippen LogP contribution in [0.15, 0.2) is 57.8 Å². The molecule has 7 heteroatoms. The number of carbonyl (C=O) groups excluding carboxylic acids is 1. The Labute approximate surface area is 191 Å². The molecule has 3 aromatic rings. The van der Waals surface area contributed by atoms with E-state index in [0.29, 0.717) is 29.0 Å². The number of carbonyl (C=O) groups is 1. The lowest BCUT2D eigenvalue weighted by Gasteiger charge is -2.30. The fraction of sp³-hybridized carbons (Fsp3) is 0.375. The standard InChI is InChI=1S/C24H29BrN4O2/c1-4-5-6-11-16-29(24(31)27-21-15-10-8-13-19(21)25)17(2)22-26-20-14-9-7-12-18(20)23(30)28(22)3/h7-10,12-15,17H,4-6,11,16H2,1-3H3,(H,27,31). The highest BCUT2D eigenvalue weighted by molar-refractivity contribution is 9.10. The van der Waals surface area contributed by atoms with Gasteiger partial charge in [0.15, 0.2) is 0 Å². The molecule has 1 N–H and O–H groups in total. The number of nitrogens with one attached hydrogen (secondary N) is 1. The van der Waals surface area contributed by atoms with E-state index in [-0.39, 0.29) is 17.6 Å². The van der Waals surface area contributed by atoms with Gasteiger partial charge >= 0.3 is 6.03 Å². The number of hydrogen-bond donors (Lipinski definition) is 1. The summed E-state index contributed by atoms with van der Waals surface area (Å²) >= 11 is 3.49. The van der Waals surface area contributed by atoms with Crippen molar-refractivity contribution in [2.75, 3.05) is 11.9 Å². The van der Waals surface area contributed by atoms with Crippen molar-refractivity contribution >= 4 is 38.6 Å². The minimum Gasteiger partial charge on any atom is -0.315 e. The van der Waals surface area contributed by atoms with Crippen LogP contribution in [0.4, 0.5) is 10.5 Å². The second-order valence-electron chi connectivity index (χ2n) is 7.69. The van der Waals surface area contributed by atoms with Gasteiger partial charge in [0.1, 0.15) is 5.82 Å². The summed E-state index contributed by atoms with van der Waals surface area (Å²) in [6.45, 7) is 4.67. The molecule has 0 spiro atoms. The molecule has 3 rings (SSSR count). The van der Waals surface area contributed by atoms with Gasteiger partial charge in [0.2, 0.25) is 0 Å². The SMILES string of the molecule is CCCCCCN(C(=O)Nc1ccccc1Br)C(C)c1nc2ccccc2c(=O)n1C. The van der Waals surface area contributed by atoms with Crippen molar-refractivity contribution in [3.05, 3.63) is 69.2 Å². The van der Waals surface area contributed by atoms with Crippen molar-refractivity contribution in [1.29, 1.82) is 0 Å². The number of urea groups is 1. The van der Waals surface area contributed by atoms with Crippen molar-refractivity contribution in [2.24, 2.45) is 7.05 Å². The minimum absolute atomic E-state index is 0.107. The summed E-state index contributed by atoms with van der Waals surface area (Å²) in [6.07, 6.45) is 4.19. The number of anilines is 1. The van der Waals surface area contributed by atoms with E-state index in [1.807, 2.05) is 49.4 Å². The number of nitrogens with zero attached hydrogens (tertiary/aromatic N) is 3. The van der Waals surface area contributed by atoms with Gasteiger partial charge in [-0.25, -0.2) is 9.78 Å². The zero-order valence-corrected chi connectivity index (χ0v) is 19.9. The molecule has 2 amide bonds. The third kappa shape index (κ3) is 5.34. The number of hydrogen-bond acceptors (Lipinski definition) is 3. The van der Waals surface area contributed by atoms with Crippen molar-refractivity contribution in [3.8, 4) is 0 Å². The van der Waals surface area contributed by atoms with Gasteiger partial charge in [-0.15, -0.1) is 0 Å². The molecule has 0 saturated carbocycles. The Bertz CT molecular complexity index is 1110. The van der Waals surface area contributed by atoms with Crippen LogP contribution in [0.5, 0.6) is 0 Å². The summed E-state index contributed by atoms with van der Waals surface area (Å²) in [5.74, 6) is 0.571. The predicted molar refractivity (Wildman–Crippen MR) is 129 cm³/mol. The van der Waals surface area contributed by atoms with Crippen LogP contribution in [0.3, 0.4) is 0 Å². The second-order valence-corrected chi connectivity index (χ2v) is 8.55. The molecule has 0 aliphatic heterocycles. The van der Waals surface area contributed by atoms with Gasteiger partial charge in [-0.2, -0.15) is 0 Å². The van der Waals surface area contributed by atoms with Gasteiger partial charge < -0.3 is 10.2 Å². The molecule has 0 aliphatic rings. The zero-order valence-electron chi connectivity index (χ0n) is 18.3. The smallest absolute Gasteiger partial charge is 0.315 e. The van der Waals surface area contributed by atoms with E-state index in [0.717, 1.165) is 30.2 Å². The Balaban J connectivity index is 1.93. The molecule has 1 unspecified atom stereocenters. The lowest BCUT2D eigenvalue weighted by Crippen LogP contribution is -2.40. The Kier molecular flexibility index (Phi) is 7.85. The maximum Gasteiger partial charge on any atom is 0.322 e. The van der Waals surface area contributed by atoms with Crippen LogP contribution in [-0.4, -0.2) is 27.0 Å². The number of aromatic nitrogens is 2. The number of benzene rings is 2. The number of fused-ring (bicyclic) bond motifs is 1. The van der Waals surface area contributed by atoms with Crippen LogP contribution < -0.4 is 10.9 Å². The highest BCUT2D eigenvalue weighted by Gasteiger charge is 2.25. The zero-order chi connectivity index (χ0) is 22.4. The summed E-state index contributed by atoms with van der Waals surface area (Å²) < 4.78 is 2.37. The number of unbranched alkanes of at least 4 members (excludes halogenated alkanes) is 3. The summed E-state index contributed by atoms with van der Waals surface area (Å²) in [5, 5.41) is 3.58. The molecule has 2 aromatic carbocycles. The molecule has 0 radical (unpaired) electrons. The summed E-state index contributed by atoms with van der Waals surface area (Å²) in [6, 6.07) is 14.3. The molecule has 1 atom stereocenters. The monoisotopic (exact) mass is 484 g/mol. The quantitative estimate of drug-likeness (QED) is 0.406. The van der Waals surface area contributed by atoms with Crippen molar-refractivity contribution in [3.63, 3.8) is 0 Å². The topological polar surface area (TPSA) is 67.2 Å². The van der Waals surface area contributed by atoms with Gasteiger partial charge in [-0.05, 0) is 53.5 Å². The van der Waals surface area contributed by atoms with E-state index in [1.165, 1.54) is 0 Å². The Hall–Kier alpha value is -2.67. The summed E-state index contributed by atoms with van der Waals surface area (Å²) in [4.78, 5) is 32.7. The fourth-order valence-electron chi connectivity index (χ4n) is 3.68. The van der Waals surface area contributed by atoms with E-state index in [4.69, 9.17) is 4.98 Å². The summed E-state index contributed by atoms with van der Waals surface area (Å²) in [5.41, 5.74) is 1.24. The van der Waals surface area contributed by atoms with Gasteiger partial charge in [0, 0.05) is 18.1 Å². The molecule has 164 valence electrons. The normalized spacial score (nSPS) is 12.0. The molecule has 0 bridgehead atoms. The molecule has 1 aromatic heterocycles.